The Kier molecular flexibility index (Phi) is 2.29. The molecule has 0 aliphatic heterocycles. The molecule has 1 aliphatic rings. The fourth-order valence-corrected chi connectivity index (χ4v) is 1.67. The molecule has 0 heterocycles. The van der Waals surface area contributed by atoms with Crippen molar-refractivity contribution in [3.05, 3.63) is 45.1 Å². The van der Waals surface area contributed by atoms with Crippen LogP contribution in [0.5, 0.6) is 0 Å². The zero-order valence-electron chi connectivity index (χ0n) is 7.25. The molecule has 0 saturated carbocycles. The Morgan fingerprint density at radius 2 is 1.53 bits per heavy atom. The van der Waals surface area contributed by atoms with Crippen LogP contribution in [0.15, 0.2) is 24.0 Å². The third-order valence-corrected chi connectivity index (χ3v) is 2.79. The first-order chi connectivity index (χ1) is 7.00. The van der Waals surface area contributed by atoms with Gasteiger partial charge in [0.25, 0.3) is 0 Å². The van der Waals surface area contributed by atoms with E-state index in [1.165, 1.54) is 12.1 Å². The molecule has 0 unspecified atom stereocenters. The lowest BCUT2D eigenvalue weighted by Crippen LogP contribution is -2.16. The molecule has 0 atom stereocenters. The molecule has 1 aliphatic carbocycles. The summed E-state index contributed by atoms with van der Waals surface area (Å²) >= 11 is 11.4. The van der Waals surface area contributed by atoms with Crippen LogP contribution >= 0.6 is 23.2 Å². The maximum atomic E-state index is 11.5. The minimum Gasteiger partial charge on any atom is -0.504 e. The van der Waals surface area contributed by atoms with E-state index in [1.54, 1.807) is 0 Å². The minimum atomic E-state index is -0.622. The van der Waals surface area contributed by atoms with Crippen molar-refractivity contribution in [2.45, 2.75) is 0 Å². The Labute approximate surface area is 94.9 Å². The lowest BCUT2D eigenvalue weighted by atomic mass is 9.94. The predicted octanol–water partition coefficient (Wildman–Crippen LogP) is 2.81. The van der Waals surface area contributed by atoms with Gasteiger partial charge in [-0.3, -0.25) is 9.59 Å². The van der Waals surface area contributed by atoms with Crippen molar-refractivity contribution >= 4 is 34.8 Å². The van der Waals surface area contributed by atoms with Gasteiger partial charge in [0.15, 0.2) is 11.5 Å². The van der Waals surface area contributed by atoms with Gasteiger partial charge in [0, 0.05) is 17.2 Å². The number of fused-ring (bicyclic) bond motifs is 1. The number of aliphatic hydroxyl groups excluding tert-OH is 1. The average molecular weight is 243 g/mol. The SMILES string of the molecule is O=C1C=C(O)C(=O)c2cc(Cl)c(Cl)cc21. The molecule has 0 fully saturated rings. The van der Waals surface area contributed by atoms with E-state index in [9.17, 15) is 9.59 Å². The molecule has 15 heavy (non-hydrogen) atoms. The molecule has 2 rings (SSSR count). The fourth-order valence-electron chi connectivity index (χ4n) is 1.34. The Balaban J connectivity index is 2.73. The molecule has 1 aromatic rings. The van der Waals surface area contributed by atoms with Gasteiger partial charge in [-0.25, -0.2) is 0 Å². The molecular formula is C10H4Cl2O3. The first kappa shape index (κ1) is 10.2. The van der Waals surface area contributed by atoms with E-state index in [0.29, 0.717) is 0 Å². The lowest BCUT2D eigenvalue weighted by molar-refractivity contribution is 0.0939. The van der Waals surface area contributed by atoms with E-state index >= 15 is 0 Å². The van der Waals surface area contributed by atoms with Crippen molar-refractivity contribution in [1.29, 1.82) is 0 Å². The third-order valence-electron chi connectivity index (χ3n) is 2.07. The van der Waals surface area contributed by atoms with Crippen LogP contribution in [0, 0.1) is 0 Å². The highest BCUT2D eigenvalue weighted by molar-refractivity contribution is 6.43. The number of carbonyl (C=O) groups excluding carboxylic acids is 2. The van der Waals surface area contributed by atoms with Gasteiger partial charge in [0.2, 0.25) is 5.78 Å². The van der Waals surface area contributed by atoms with Crippen molar-refractivity contribution < 1.29 is 14.7 Å². The zero-order valence-corrected chi connectivity index (χ0v) is 8.76. The number of ketones is 2. The molecule has 0 saturated heterocycles. The van der Waals surface area contributed by atoms with E-state index < -0.39 is 17.3 Å². The average Bonchev–Trinajstić information content (AvgIpc) is 2.18. The minimum absolute atomic E-state index is 0.0781. The molecule has 0 spiro atoms. The Bertz CT molecular complexity index is 518. The van der Waals surface area contributed by atoms with E-state index in [-0.39, 0.29) is 21.2 Å². The maximum Gasteiger partial charge on any atom is 0.228 e. The predicted molar refractivity (Wildman–Crippen MR) is 55.8 cm³/mol. The number of hydrogen-bond acceptors (Lipinski definition) is 3. The first-order valence-electron chi connectivity index (χ1n) is 3.99. The number of carbonyl (C=O) groups is 2. The van der Waals surface area contributed by atoms with Crippen LogP contribution in [-0.4, -0.2) is 16.7 Å². The van der Waals surface area contributed by atoms with Crippen molar-refractivity contribution in [3.63, 3.8) is 0 Å². The Morgan fingerprint density at radius 1 is 1.00 bits per heavy atom. The molecule has 0 radical (unpaired) electrons. The Hall–Kier alpha value is -1.32. The van der Waals surface area contributed by atoms with Gasteiger partial charge >= 0.3 is 0 Å². The quantitative estimate of drug-likeness (QED) is 0.762. The van der Waals surface area contributed by atoms with Gasteiger partial charge in [-0.1, -0.05) is 23.2 Å². The summed E-state index contributed by atoms with van der Waals surface area (Å²) in [7, 11) is 0. The number of Topliss-reactive ketones (excluding diaryl/α,β-unsaturated/α-hetero) is 1. The maximum absolute atomic E-state index is 11.5. The van der Waals surface area contributed by atoms with Crippen LogP contribution < -0.4 is 0 Å². The monoisotopic (exact) mass is 242 g/mol. The molecule has 1 aromatic carbocycles. The van der Waals surface area contributed by atoms with Crippen molar-refractivity contribution in [2.24, 2.45) is 0 Å². The summed E-state index contributed by atoms with van der Waals surface area (Å²) in [6, 6.07) is 2.60. The summed E-state index contributed by atoms with van der Waals surface area (Å²) in [5, 5.41) is 9.54. The van der Waals surface area contributed by atoms with Crippen LogP contribution in [0.2, 0.25) is 10.0 Å². The fraction of sp³-hybridized carbons (Fsp3) is 0. The van der Waals surface area contributed by atoms with Crippen molar-refractivity contribution in [3.8, 4) is 0 Å². The van der Waals surface area contributed by atoms with Crippen LogP contribution in [0.4, 0.5) is 0 Å². The molecule has 0 aromatic heterocycles. The number of aliphatic hydroxyl groups is 1. The van der Waals surface area contributed by atoms with Crippen molar-refractivity contribution in [2.75, 3.05) is 0 Å². The zero-order chi connectivity index (χ0) is 11.2. The highest BCUT2D eigenvalue weighted by Crippen LogP contribution is 2.29. The second kappa shape index (κ2) is 3.36. The largest absolute Gasteiger partial charge is 0.504 e. The third kappa shape index (κ3) is 1.54. The summed E-state index contributed by atoms with van der Waals surface area (Å²) in [6.07, 6.45) is 0.870. The number of allylic oxidation sites excluding steroid dienone is 2. The number of halogens is 2. The van der Waals surface area contributed by atoms with E-state index in [4.69, 9.17) is 28.3 Å². The lowest BCUT2D eigenvalue weighted by Gasteiger charge is -2.12. The normalized spacial score (nSPS) is 14.9. The van der Waals surface area contributed by atoms with E-state index in [1.807, 2.05) is 0 Å². The van der Waals surface area contributed by atoms with Crippen LogP contribution in [-0.2, 0) is 0 Å². The van der Waals surface area contributed by atoms with E-state index in [0.717, 1.165) is 6.08 Å². The van der Waals surface area contributed by atoms with Crippen LogP contribution in [0.3, 0.4) is 0 Å². The topological polar surface area (TPSA) is 54.4 Å². The van der Waals surface area contributed by atoms with Crippen molar-refractivity contribution in [1.82, 2.24) is 0 Å². The van der Waals surface area contributed by atoms with Gasteiger partial charge in [0.05, 0.1) is 10.0 Å². The van der Waals surface area contributed by atoms with Gasteiger partial charge in [-0.15, -0.1) is 0 Å². The smallest absolute Gasteiger partial charge is 0.228 e. The van der Waals surface area contributed by atoms with Crippen LogP contribution in [0.1, 0.15) is 20.7 Å². The molecule has 3 nitrogen and oxygen atoms in total. The van der Waals surface area contributed by atoms with E-state index in [2.05, 4.69) is 0 Å². The van der Waals surface area contributed by atoms with Gasteiger partial charge < -0.3 is 5.11 Å². The summed E-state index contributed by atoms with van der Waals surface area (Å²) in [5.74, 6) is -1.66. The first-order valence-corrected chi connectivity index (χ1v) is 4.75. The number of hydrogen-bond donors (Lipinski definition) is 1. The highest BCUT2D eigenvalue weighted by atomic mass is 35.5. The highest BCUT2D eigenvalue weighted by Gasteiger charge is 2.26. The molecule has 5 heteroatoms. The van der Waals surface area contributed by atoms with Gasteiger partial charge in [-0.2, -0.15) is 0 Å². The number of rotatable bonds is 0. The molecule has 76 valence electrons. The summed E-state index contributed by atoms with van der Waals surface area (Å²) in [4.78, 5) is 22.9. The van der Waals surface area contributed by atoms with Gasteiger partial charge in [0.1, 0.15) is 0 Å². The number of benzene rings is 1. The Morgan fingerprint density at radius 3 is 2.13 bits per heavy atom. The molecule has 0 amide bonds. The second-order valence-electron chi connectivity index (χ2n) is 3.03. The molecule has 0 bridgehead atoms. The molecular weight excluding hydrogens is 239 g/mol. The second-order valence-corrected chi connectivity index (χ2v) is 3.85. The van der Waals surface area contributed by atoms with Crippen LogP contribution in [0.25, 0.3) is 0 Å². The molecule has 1 N–H and O–H groups in total. The standard InChI is InChI=1S/C10H4Cl2O3/c11-6-1-4-5(2-7(6)12)10(15)9(14)3-8(4)13/h1-3,14H. The summed E-state index contributed by atoms with van der Waals surface area (Å²) in [6.45, 7) is 0. The summed E-state index contributed by atoms with van der Waals surface area (Å²) < 4.78 is 0. The van der Waals surface area contributed by atoms with Gasteiger partial charge in [-0.05, 0) is 12.1 Å². The summed E-state index contributed by atoms with van der Waals surface area (Å²) in [5.41, 5.74) is 0.238.